The smallest absolute Gasteiger partial charge is 0.433 e. The molecule has 0 aromatic heterocycles. The molecular weight excluding hydrogens is 635 g/mol. The van der Waals surface area contributed by atoms with Crippen molar-refractivity contribution in [3.05, 3.63) is 35.6 Å². The number of rotatable bonds is 5. The second kappa shape index (κ2) is 14.7. The molecule has 0 spiro atoms. The molecule has 4 aliphatic heterocycles. The third kappa shape index (κ3) is 9.23. The maximum Gasteiger partial charge on any atom is 0.433 e. The largest absolute Gasteiger partial charge is 0.444 e. The Balaban J connectivity index is 1.23. The molecule has 3 fully saturated rings. The van der Waals surface area contributed by atoms with Gasteiger partial charge < -0.3 is 19.9 Å². The van der Waals surface area contributed by atoms with Gasteiger partial charge in [0.05, 0.1) is 18.6 Å². The SMILES string of the molecule is CC(C)(C)OC(=O)N1CCN(C2=NC3CCCC(C(=O)NCC(C4=C\CC\C=C(C(F)(F)F)/N=C/4)N4CCCC(F)(F)C4)C3C=C2)CC1. The van der Waals surface area contributed by atoms with Gasteiger partial charge in [0, 0.05) is 57.2 Å². The molecule has 48 heavy (non-hydrogen) atoms. The summed E-state index contributed by atoms with van der Waals surface area (Å²) in [5, 5.41) is 2.98. The summed E-state index contributed by atoms with van der Waals surface area (Å²) in [6, 6.07) is -0.843. The molecule has 5 aliphatic rings. The fourth-order valence-corrected chi connectivity index (χ4v) is 7.14. The number of halogens is 5. The molecule has 4 unspecified atom stereocenters. The Kier molecular flexibility index (Phi) is 11.0. The fraction of sp³-hybridized carbons (Fsp3) is 0.706. The van der Waals surface area contributed by atoms with Gasteiger partial charge in [0.15, 0.2) is 0 Å². The Morgan fingerprint density at radius 2 is 1.77 bits per heavy atom. The van der Waals surface area contributed by atoms with Crippen molar-refractivity contribution in [2.24, 2.45) is 21.8 Å². The number of carbonyl (C=O) groups excluding carboxylic acids is 2. The lowest BCUT2D eigenvalue weighted by Gasteiger charge is -2.41. The highest BCUT2D eigenvalue weighted by atomic mass is 19.4. The molecule has 5 rings (SSSR count). The van der Waals surface area contributed by atoms with Gasteiger partial charge in [-0.3, -0.25) is 19.7 Å². The van der Waals surface area contributed by atoms with Crippen LogP contribution in [0.25, 0.3) is 0 Å². The zero-order valence-electron chi connectivity index (χ0n) is 27.9. The summed E-state index contributed by atoms with van der Waals surface area (Å²) in [6.07, 6.45) is 5.57. The maximum atomic E-state index is 14.5. The number of amidine groups is 1. The first-order valence-electron chi connectivity index (χ1n) is 17.0. The number of amides is 2. The predicted molar refractivity (Wildman–Crippen MR) is 173 cm³/mol. The van der Waals surface area contributed by atoms with Gasteiger partial charge in [-0.2, -0.15) is 13.2 Å². The molecule has 1 saturated carbocycles. The molecule has 2 amide bonds. The Labute approximate surface area is 279 Å². The zero-order chi connectivity index (χ0) is 34.7. The minimum Gasteiger partial charge on any atom is -0.444 e. The van der Waals surface area contributed by atoms with Gasteiger partial charge in [-0.15, -0.1) is 0 Å². The number of fused-ring (bicyclic) bond motifs is 1. The van der Waals surface area contributed by atoms with Crippen molar-refractivity contribution in [2.75, 3.05) is 45.8 Å². The molecule has 14 heteroatoms. The molecule has 4 heterocycles. The highest BCUT2D eigenvalue weighted by Gasteiger charge is 2.41. The van der Waals surface area contributed by atoms with Crippen molar-refractivity contribution < 1.29 is 36.3 Å². The van der Waals surface area contributed by atoms with Crippen molar-refractivity contribution >= 4 is 24.1 Å². The van der Waals surface area contributed by atoms with Crippen LogP contribution in [-0.4, -0.2) is 114 Å². The van der Waals surface area contributed by atoms with E-state index in [1.165, 1.54) is 0 Å². The minimum atomic E-state index is -4.62. The molecule has 0 aromatic rings. The lowest BCUT2D eigenvalue weighted by molar-refractivity contribution is -0.127. The summed E-state index contributed by atoms with van der Waals surface area (Å²) in [7, 11) is 0. The molecule has 1 N–H and O–H groups in total. The van der Waals surface area contributed by atoms with Gasteiger partial charge in [-0.25, -0.2) is 13.6 Å². The number of nitrogens with zero attached hydrogens (tertiary/aromatic N) is 5. The fourth-order valence-electron chi connectivity index (χ4n) is 7.14. The maximum absolute atomic E-state index is 14.5. The van der Waals surface area contributed by atoms with Crippen LogP contribution >= 0.6 is 0 Å². The highest BCUT2D eigenvalue weighted by molar-refractivity contribution is 5.94. The summed E-state index contributed by atoms with van der Waals surface area (Å²) in [5.41, 5.74) is -1.19. The topological polar surface area (TPSA) is 89.8 Å². The molecule has 9 nitrogen and oxygen atoms in total. The Morgan fingerprint density at radius 1 is 1.04 bits per heavy atom. The van der Waals surface area contributed by atoms with Gasteiger partial charge in [-0.05, 0) is 71.1 Å². The van der Waals surface area contributed by atoms with Crippen molar-refractivity contribution in [3.63, 3.8) is 0 Å². The standard InChI is InChI=1S/C34H47F5N6O3/c1-32(2,3)48-31(47)44-18-16-43(17-19-44)29-13-12-24-25(9-6-10-26(24)42-29)30(46)41-21-27(45-15-7-14-33(35,36)22-45)23-8-4-5-11-28(40-20-23)34(37,38)39/h8,11-13,20,24-27H,4-7,9-10,14-19,21-22H2,1-3H3,(H,41,46)/b23-8+,28-11-,40-20+. The van der Waals surface area contributed by atoms with Gasteiger partial charge >= 0.3 is 12.3 Å². The second-order valence-corrected chi connectivity index (χ2v) is 14.3. The first-order valence-corrected chi connectivity index (χ1v) is 17.0. The van der Waals surface area contributed by atoms with Crippen LogP contribution in [0.3, 0.4) is 0 Å². The van der Waals surface area contributed by atoms with Crippen molar-refractivity contribution in [1.82, 2.24) is 20.0 Å². The second-order valence-electron chi connectivity index (χ2n) is 14.3. The molecule has 4 atom stereocenters. The first-order chi connectivity index (χ1) is 22.6. The Bertz CT molecular complexity index is 1340. The van der Waals surface area contributed by atoms with Crippen LogP contribution in [0.5, 0.6) is 0 Å². The number of carbonyl (C=O) groups is 2. The van der Waals surface area contributed by atoms with Crippen LogP contribution in [0.4, 0.5) is 26.7 Å². The summed E-state index contributed by atoms with van der Waals surface area (Å²) in [4.78, 5) is 40.3. The molecular formula is C34H47F5N6O3. The number of ether oxygens (including phenoxy) is 1. The summed E-state index contributed by atoms with van der Waals surface area (Å²) < 4.78 is 74.9. The van der Waals surface area contributed by atoms with E-state index in [4.69, 9.17) is 9.73 Å². The molecule has 1 aliphatic carbocycles. The van der Waals surface area contributed by atoms with E-state index in [9.17, 15) is 31.5 Å². The zero-order valence-corrected chi connectivity index (χ0v) is 27.9. The average molecular weight is 683 g/mol. The average Bonchev–Trinajstić information content (AvgIpc) is 2.99. The molecule has 0 radical (unpaired) electrons. The minimum absolute atomic E-state index is 0.0219. The quantitative estimate of drug-likeness (QED) is 0.374. The number of piperazine rings is 1. The number of hydrogen-bond acceptors (Lipinski definition) is 7. The third-order valence-corrected chi connectivity index (χ3v) is 9.53. The van der Waals surface area contributed by atoms with E-state index >= 15 is 0 Å². The molecule has 0 bridgehead atoms. The molecule has 266 valence electrons. The number of nitrogens with one attached hydrogen (secondary N) is 1. The number of allylic oxidation sites excluding steroid dienone is 3. The van der Waals surface area contributed by atoms with Crippen molar-refractivity contribution in [3.8, 4) is 0 Å². The Morgan fingerprint density at radius 3 is 2.46 bits per heavy atom. The van der Waals surface area contributed by atoms with Crippen LogP contribution in [-0.2, 0) is 9.53 Å². The van der Waals surface area contributed by atoms with Crippen LogP contribution < -0.4 is 5.32 Å². The van der Waals surface area contributed by atoms with E-state index in [2.05, 4.69) is 15.2 Å². The van der Waals surface area contributed by atoms with E-state index in [1.807, 2.05) is 32.9 Å². The van der Waals surface area contributed by atoms with Crippen LogP contribution in [0.15, 0.2) is 45.6 Å². The first kappa shape index (κ1) is 36.0. The predicted octanol–water partition coefficient (Wildman–Crippen LogP) is 5.75. The number of dihydropyridines is 1. The van der Waals surface area contributed by atoms with Crippen LogP contribution in [0, 0.1) is 11.8 Å². The van der Waals surface area contributed by atoms with E-state index in [0.29, 0.717) is 51.1 Å². The van der Waals surface area contributed by atoms with Crippen molar-refractivity contribution in [2.45, 2.75) is 95.5 Å². The number of alkyl halides is 5. The molecule has 0 aromatic carbocycles. The highest BCUT2D eigenvalue weighted by Crippen LogP contribution is 2.36. The number of piperidine rings is 1. The molecule has 2 saturated heterocycles. The monoisotopic (exact) mass is 682 g/mol. The van der Waals surface area contributed by atoms with Crippen LogP contribution in [0.1, 0.15) is 65.7 Å². The van der Waals surface area contributed by atoms with Gasteiger partial charge in [0.1, 0.15) is 17.1 Å². The van der Waals surface area contributed by atoms with Crippen LogP contribution in [0.2, 0.25) is 0 Å². The van der Waals surface area contributed by atoms with E-state index in [0.717, 1.165) is 31.0 Å². The van der Waals surface area contributed by atoms with E-state index in [1.54, 1.807) is 15.9 Å². The normalized spacial score (nSPS) is 30.3. The van der Waals surface area contributed by atoms with E-state index in [-0.39, 0.29) is 55.7 Å². The summed E-state index contributed by atoms with van der Waals surface area (Å²) in [5.74, 6) is -2.83. The number of hydrogen-bond donors (Lipinski definition) is 1. The number of likely N-dealkylation sites (tertiary alicyclic amines) is 1. The van der Waals surface area contributed by atoms with Gasteiger partial charge in [0.2, 0.25) is 5.91 Å². The van der Waals surface area contributed by atoms with Crippen molar-refractivity contribution in [1.29, 1.82) is 0 Å². The van der Waals surface area contributed by atoms with Gasteiger partial charge in [0.25, 0.3) is 5.92 Å². The lowest BCUT2D eigenvalue weighted by Crippen LogP contribution is -2.54. The summed E-state index contributed by atoms with van der Waals surface area (Å²) >= 11 is 0. The Hall–Kier alpha value is -3.29. The van der Waals surface area contributed by atoms with Gasteiger partial charge in [-0.1, -0.05) is 24.6 Å². The third-order valence-electron chi connectivity index (χ3n) is 9.53. The van der Waals surface area contributed by atoms with E-state index < -0.39 is 36.0 Å². The number of aliphatic imine (C=N–C) groups is 2. The summed E-state index contributed by atoms with van der Waals surface area (Å²) in [6.45, 7) is 7.54. The lowest BCUT2D eigenvalue weighted by atomic mass is 9.74.